The molecule has 0 aromatic heterocycles. The zero-order valence-electron chi connectivity index (χ0n) is 10.9. The molecule has 3 aliphatic rings. The lowest BCUT2D eigenvalue weighted by Gasteiger charge is -2.35. The molecule has 1 saturated heterocycles. The fraction of sp³-hybridized carbons (Fsp3) is 0.769. The molecule has 19 heavy (non-hydrogen) atoms. The fourth-order valence-corrected chi connectivity index (χ4v) is 5.00. The molecule has 5 nitrogen and oxygen atoms in total. The van der Waals surface area contributed by atoms with E-state index < -0.39 is 15.4 Å². The predicted molar refractivity (Wildman–Crippen MR) is 70.2 cm³/mol. The molecule has 0 radical (unpaired) electrons. The number of carbonyl (C=O) groups is 1. The normalized spacial score (nSPS) is 32.1. The Morgan fingerprint density at radius 3 is 2.63 bits per heavy atom. The van der Waals surface area contributed by atoms with Crippen LogP contribution in [0.4, 0.5) is 0 Å². The summed E-state index contributed by atoms with van der Waals surface area (Å²) in [6, 6.07) is -0.0791. The average Bonchev–Trinajstić information content (AvgIpc) is 2.82. The van der Waals surface area contributed by atoms with Crippen LogP contribution in [0.25, 0.3) is 0 Å². The van der Waals surface area contributed by atoms with Crippen molar-refractivity contribution in [2.75, 3.05) is 11.5 Å². The Balaban J connectivity index is 1.75. The second-order valence-electron chi connectivity index (χ2n) is 5.78. The predicted octanol–water partition coefficient (Wildman–Crippen LogP) is 0.907. The van der Waals surface area contributed by atoms with E-state index in [1.165, 1.54) is 12.5 Å². The van der Waals surface area contributed by atoms with Crippen LogP contribution in [0.15, 0.2) is 11.8 Å². The van der Waals surface area contributed by atoms with Crippen molar-refractivity contribution >= 4 is 15.8 Å². The van der Waals surface area contributed by atoms with Gasteiger partial charge >= 0.3 is 5.97 Å². The highest BCUT2D eigenvalue weighted by atomic mass is 32.2. The minimum Gasteiger partial charge on any atom is -0.449 e. The number of nitrogens with one attached hydrogen (secondary N) is 1. The van der Waals surface area contributed by atoms with Crippen LogP contribution in [0.1, 0.15) is 38.5 Å². The first-order valence-electron chi connectivity index (χ1n) is 6.91. The van der Waals surface area contributed by atoms with Crippen molar-refractivity contribution in [1.82, 2.24) is 5.32 Å². The van der Waals surface area contributed by atoms with Crippen LogP contribution in [0.3, 0.4) is 0 Å². The molecule has 1 N–H and O–H groups in total. The number of hydrogen-bond donors (Lipinski definition) is 1. The largest absolute Gasteiger partial charge is 0.449 e. The van der Waals surface area contributed by atoms with Gasteiger partial charge < -0.3 is 10.1 Å². The molecule has 0 amide bonds. The Hall–Kier alpha value is -1.04. The zero-order valence-corrected chi connectivity index (χ0v) is 11.7. The first-order valence-corrected chi connectivity index (χ1v) is 8.73. The summed E-state index contributed by atoms with van der Waals surface area (Å²) in [6.07, 6.45) is 7.09. The van der Waals surface area contributed by atoms with Crippen molar-refractivity contribution in [3.63, 3.8) is 0 Å². The third-order valence-corrected chi connectivity index (χ3v) is 6.07. The fourth-order valence-electron chi connectivity index (χ4n) is 3.32. The second kappa shape index (κ2) is 4.51. The minimum atomic E-state index is -2.91. The quantitative estimate of drug-likeness (QED) is 0.763. The monoisotopic (exact) mass is 285 g/mol. The molecular formula is C13H19NO4S. The van der Waals surface area contributed by atoms with E-state index in [-0.39, 0.29) is 23.5 Å². The molecule has 0 aromatic rings. The van der Waals surface area contributed by atoms with Crippen molar-refractivity contribution in [2.24, 2.45) is 0 Å². The van der Waals surface area contributed by atoms with Gasteiger partial charge in [-0.2, -0.15) is 0 Å². The Labute approximate surface area is 113 Å². The number of rotatable bonds is 2. The molecule has 106 valence electrons. The van der Waals surface area contributed by atoms with E-state index in [1.807, 2.05) is 0 Å². The van der Waals surface area contributed by atoms with Gasteiger partial charge in [-0.1, -0.05) is 6.42 Å². The summed E-state index contributed by atoms with van der Waals surface area (Å²) in [5, 5.41) is 3.26. The van der Waals surface area contributed by atoms with Gasteiger partial charge in [-0.15, -0.1) is 0 Å². The van der Waals surface area contributed by atoms with E-state index >= 15 is 0 Å². The number of ether oxygens (including phenoxy) is 1. The smallest absolute Gasteiger partial charge is 0.333 e. The Morgan fingerprint density at radius 1 is 1.26 bits per heavy atom. The van der Waals surface area contributed by atoms with Crippen LogP contribution in [0.2, 0.25) is 0 Å². The minimum absolute atomic E-state index is 0.0791. The van der Waals surface area contributed by atoms with Gasteiger partial charge in [-0.05, 0) is 32.1 Å². The van der Waals surface area contributed by atoms with E-state index in [0.717, 1.165) is 31.4 Å². The molecule has 2 aliphatic heterocycles. The molecule has 0 unspecified atom stereocenters. The molecule has 1 spiro atoms. The maximum absolute atomic E-state index is 11.6. The summed E-state index contributed by atoms with van der Waals surface area (Å²) in [7, 11) is -2.91. The van der Waals surface area contributed by atoms with E-state index in [0.29, 0.717) is 6.42 Å². The van der Waals surface area contributed by atoms with Gasteiger partial charge in [0.1, 0.15) is 0 Å². The molecule has 3 rings (SSSR count). The number of carbonyl (C=O) groups excluding carboxylic acids is 1. The van der Waals surface area contributed by atoms with Gasteiger partial charge in [0.25, 0.3) is 0 Å². The lowest BCUT2D eigenvalue weighted by atomic mass is 9.82. The summed E-state index contributed by atoms with van der Waals surface area (Å²) in [5.74, 6) is 0.0965. The third kappa shape index (κ3) is 2.50. The summed E-state index contributed by atoms with van der Waals surface area (Å²) in [5.41, 5.74) is 0.307. The lowest BCUT2D eigenvalue weighted by molar-refractivity contribution is -0.148. The van der Waals surface area contributed by atoms with Gasteiger partial charge in [0.05, 0.1) is 17.2 Å². The van der Waals surface area contributed by atoms with E-state index in [2.05, 4.69) is 5.32 Å². The van der Waals surface area contributed by atoms with Crippen LogP contribution in [0.5, 0.6) is 0 Å². The van der Waals surface area contributed by atoms with Gasteiger partial charge in [-0.3, -0.25) is 0 Å². The van der Waals surface area contributed by atoms with E-state index in [4.69, 9.17) is 4.74 Å². The zero-order chi connectivity index (χ0) is 13.5. The SMILES string of the molecule is O=C1C=C(N[C@@H]2CCS(=O)(=O)C2)C2(CCCCC2)O1. The summed E-state index contributed by atoms with van der Waals surface area (Å²) >= 11 is 0. The van der Waals surface area contributed by atoms with Crippen LogP contribution < -0.4 is 5.32 Å². The molecule has 1 aliphatic carbocycles. The molecule has 6 heteroatoms. The highest BCUT2D eigenvalue weighted by Crippen LogP contribution is 2.40. The average molecular weight is 285 g/mol. The molecule has 2 heterocycles. The maximum atomic E-state index is 11.6. The second-order valence-corrected chi connectivity index (χ2v) is 8.01. The van der Waals surface area contributed by atoms with Crippen LogP contribution in [-0.4, -0.2) is 37.5 Å². The van der Waals surface area contributed by atoms with Crippen molar-refractivity contribution in [1.29, 1.82) is 0 Å². The maximum Gasteiger partial charge on any atom is 0.333 e. The van der Waals surface area contributed by atoms with Crippen molar-refractivity contribution in [3.8, 4) is 0 Å². The molecule has 2 fully saturated rings. The topological polar surface area (TPSA) is 72.5 Å². The van der Waals surface area contributed by atoms with E-state index in [1.54, 1.807) is 0 Å². The standard InChI is InChI=1S/C13H19NO4S/c15-12-8-11(13(18-12)5-2-1-3-6-13)14-10-4-7-19(16,17)9-10/h8,10,14H,1-7,9H2/t10-/m1/s1. The summed E-state index contributed by atoms with van der Waals surface area (Å²) in [4.78, 5) is 11.6. The molecule has 0 aromatic carbocycles. The number of sulfone groups is 1. The van der Waals surface area contributed by atoms with Crippen LogP contribution >= 0.6 is 0 Å². The van der Waals surface area contributed by atoms with Gasteiger partial charge in [-0.25, -0.2) is 13.2 Å². The van der Waals surface area contributed by atoms with Gasteiger partial charge in [0.15, 0.2) is 15.4 Å². The molecule has 1 saturated carbocycles. The Kier molecular flexibility index (Phi) is 3.08. The molecule has 1 atom stereocenters. The Bertz CT molecular complexity index is 517. The van der Waals surface area contributed by atoms with Crippen molar-refractivity contribution < 1.29 is 17.9 Å². The van der Waals surface area contributed by atoms with Gasteiger partial charge in [0.2, 0.25) is 0 Å². The number of esters is 1. The Morgan fingerprint density at radius 2 is 2.00 bits per heavy atom. The van der Waals surface area contributed by atoms with Crippen molar-refractivity contribution in [2.45, 2.75) is 50.2 Å². The summed E-state index contributed by atoms with van der Waals surface area (Å²) < 4.78 is 28.5. The third-order valence-electron chi connectivity index (χ3n) is 4.30. The van der Waals surface area contributed by atoms with Crippen LogP contribution in [0, 0.1) is 0 Å². The molecular weight excluding hydrogens is 266 g/mol. The first kappa shape index (κ1) is 13.0. The molecule has 0 bridgehead atoms. The first-order chi connectivity index (χ1) is 8.99. The van der Waals surface area contributed by atoms with Crippen molar-refractivity contribution in [3.05, 3.63) is 11.8 Å². The summed E-state index contributed by atoms with van der Waals surface area (Å²) in [6.45, 7) is 0. The number of hydrogen-bond acceptors (Lipinski definition) is 5. The van der Waals surface area contributed by atoms with Crippen LogP contribution in [-0.2, 0) is 19.4 Å². The lowest BCUT2D eigenvalue weighted by Crippen LogP contribution is -2.43. The highest BCUT2D eigenvalue weighted by Gasteiger charge is 2.45. The van der Waals surface area contributed by atoms with Gasteiger partial charge in [0, 0.05) is 12.1 Å². The highest BCUT2D eigenvalue weighted by molar-refractivity contribution is 7.91. The van der Waals surface area contributed by atoms with E-state index in [9.17, 15) is 13.2 Å².